The van der Waals surface area contributed by atoms with Crippen molar-refractivity contribution in [2.24, 2.45) is 0 Å². The first-order valence-electron chi connectivity index (χ1n) is 8.70. The zero-order valence-corrected chi connectivity index (χ0v) is 18.2. The Hall–Kier alpha value is -2.38. The van der Waals surface area contributed by atoms with Gasteiger partial charge < -0.3 is 4.18 Å². The highest BCUT2D eigenvalue weighted by Crippen LogP contribution is 2.38. The van der Waals surface area contributed by atoms with Crippen LogP contribution < -0.4 is 4.90 Å². The van der Waals surface area contributed by atoms with Crippen molar-refractivity contribution in [3.8, 4) is 0 Å². The fourth-order valence-corrected chi connectivity index (χ4v) is 3.56. The highest BCUT2D eigenvalue weighted by Gasteiger charge is 2.32. The van der Waals surface area contributed by atoms with Crippen LogP contribution in [0.2, 0.25) is 0 Å². The number of benzene rings is 2. The average molecular weight is 498 g/mol. The van der Waals surface area contributed by atoms with Crippen LogP contribution in [0.5, 0.6) is 0 Å². The van der Waals surface area contributed by atoms with Gasteiger partial charge in [-0.25, -0.2) is 18.0 Å². The number of hydrogen-bond donors (Lipinski definition) is 0. The molecule has 2 aromatic rings. The number of rotatable bonds is 7. The number of alkyl halides is 3. The Morgan fingerprint density at radius 2 is 1.66 bits per heavy atom. The van der Waals surface area contributed by atoms with Crippen molar-refractivity contribution in [2.75, 3.05) is 31.4 Å². The van der Waals surface area contributed by atoms with Gasteiger partial charge in [0.05, 0.1) is 12.8 Å². The van der Waals surface area contributed by atoms with Gasteiger partial charge in [-0.15, -0.1) is 0 Å². The summed E-state index contributed by atoms with van der Waals surface area (Å²) in [6, 6.07) is 4.02. The lowest BCUT2D eigenvalue weighted by Crippen LogP contribution is -2.46. The summed E-state index contributed by atoms with van der Waals surface area (Å²) in [6.45, 7) is -0.349. The quantitative estimate of drug-likeness (QED) is 0.212. The second kappa shape index (κ2) is 11.0. The van der Waals surface area contributed by atoms with Crippen LogP contribution in [0.4, 0.5) is 36.8 Å². The van der Waals surface area contributed by atoms with Crippen LogP contribution in [-0.4, -0.2) is 48.8 Å². The molecular formula is C19H16F6N2O3S2. The zero-order valence-electron chi connectivity index (χ0n) is 16.6. The molecule has 0 N–H and O–H groups in total. The molecule has 0 spiro atoms. The van der Waals surface area contributed by atoms with Gasteiger partial charge in [0.1, 0.15) is 23.0 Å². The van der Waals surface area contributed by atoms with Gasteiger partial charge in [0.25, 0.3) is 5.91 Å². The average Bonchev–Trinajstić information content (AvgIpc) is 2.69. The molecular weight excluding hydrogens is 482 g/mol. The molecule has 0 bridgehead atoms. The number of carbonyl (C=O) groups is 2. The summed E-state index contributed by atoms with van der Waals surface area (Å²) in [5.41, 5.74) is -6.05. The van der Waals surface area contributed by atoms with E-state index in [0.29, 0.717) is 15.9 Å². The van der Waals surface area contributed by atoms with Gasteiger partial charge in [0.2, 0.25) is 0 Å². The molecule has 0 aliphatic heterocycles. The first-order valence-corrected chi connectivity index (χ1v) is 10.4. The third-order valence-electron chi connectivity index (χ3n) is 3.97. The van der Waals surface area contributed by atoms with Gasteiger partial charge in [-0.2, -0.15) is 13.2 Å². The molecule has 13 heteroatoms. The summed E-state index contributed by atoms with van der Waals surface area (Å²) < 4.78 is 84.8. The summed E-state index contributed by atoms with van der Waals surface area (Å²) in [4.78, 5) is 26.4. The van der Waals surface area contributed by atoms with Crippen molar-refractivity contribution >= 4 is 41.4 Å². The lowest BCUT2D eigenvalue weighted by molar-refractivity contribution is -0.0328. The Balaban J connectivity index is 2.35. The van der Waals surface area contributed by atoms with Gasteiger partial charge in [0, 0.05) is 24.2 Å². The second-order valence-electron chi connectivity index (χ2n) is 6.04. The van der Waals surface area contributed by atoms with Gasteiger partial charge >= 0.3 is 11.5 Å². The maximum Gasteiger partial charge on any atom is 0.446 e. The lowest BCUT2D eigenvalue weighted by Gasteiger charge is -2.27. The standard InChI is InChI=1S/C19H16F6N2O3S2/c1-26(15-7-6-11(10-14(15)22)32-19(23,24)25)18(29)27(8-9-31-30-2)17(28)16-12(20)4-3-5-13(16)21/h3-7,10H,8-9H2,1-2H3. The van der Waals surface area contributed by atoms with E-state index in [1.807, 2.05) is 0 Å². The van der Waals surface area contributed by atoms with E-state index in [-0.39, 0.29) is 12.3 Å². The highest BCUT2D eigenvalue weighted by molar-refractivity contribution is 8.00. The molecule has 0 heterocycles. The summed E-state index contributed by atoms with van der Waals surface area (Å²) in [5, 5.41) is 0. The summed E-state index contributed by atoms with van der Waals surface area (Å²) in [5.74, 6) is -4.84. The number of amides is 3. The summed E-state index contributed by atoms with van der Waals surface area (Å²) >= 11 is 0.318. The highest BCUT2D eigenvalue weighted by atomic mass is 32.2. The summed E-state index contributed by atoms with van der Waals surface area (Å²) in [7, 11) is 2.40. The molecule has 0 atom stereocenters. The normalized spacial score (nSPS) is 11.4. The third-order valence-corrected chi connectivity index (χ3v) is 5.28. The molecule has 0 radical (unpaired) electrons. The minimum Gasteiger partial charge on any atom is -0.319 e. The van der Waals surface area contributed by atoms with E-state index < -0.39 is 62.8 Å². The van der Waals surface area contributed by atoms with E-state index in [9.17, 15) is 35.9 Å². The number of hydrogen-bond acceptors (Lipinski definition) is 5. The molecule has 174 valence electrons. The van der Waals surface area contributed by atoms with Crippen LogP contribution in [-0.2, 0) is 4.18 Å². The van der Waals surface area contributed by atoms with Crippen LogP contribution in [0.3, 0.4) is 0 Å². The molecule has 0 aliphatic rings. The van der Waals surface area contributed by atoms with Crippen molar-refractivity contribution in [3.05, 3.63) is 59.4 Å². The third kappa shape index (κ3) is 6.56. The van der Waals surface area contributed by atoms with E-state index in [1.165, 1.54) is 7.11 Å². The maximum atomic E-state index is 14.4. The Kier molecular flexibility index (Phi) is 8.87. The Morgan fingerprint density at radius 1 is 1.03 bits per heavy atom. The zero-order chi connectivity index (χ0) is 24.1. The van der Waals surface area contributed by atoms with E-state index in [4.69, 9.17) is 4.18 Å². The number of imide groups is 1. The minimum absolute atomic E-state index is 0.0293. The largest absolute Gasteiger partial charge is 0.446 e. The van der Waals surface area contributed by atoms with E-state index in [2.05, 4.69) is 0 Å². The van der Waals surface area contributed by atoms with Crippen molar-refractivity contribution in [1.82, 2.24) is 4.90 Å². The first-order chi connectivity index (χ1) is 15.0. The van der Waals surface area contributed by atoms with Crippen LogP contribution in [0.1, 0.15) is 10.4 Å². The number of urea groups is 1. The van der Waals surface area contributed by atoms with Crippen molar-refractivity contribution in [1.29, 1.82) is 0 Å². The smallest absolute Gasteiger partial charge is 0.319 e. The fourth-order valence-electron chi connectivity index (χ4n) is 2.57. The number of thioether (sulfide) groups is 1. The predicted octanol–water partition coefficient (Wildman–Crippen LogP) is 5.71. The van der Waals surface area contributed by atoms with Gasteiger partial charge in [-0.3, -0.25) is 14.6 Å². The molecule has 0 saturated carbocycles. The number of carbonyl (C=O) groups excluding carboxylic acids is 2. The molecule has 32 heavy (non-hydrogen) atoms. The van der Waals surface area contributed by atoms with E-state index >= 15 is 0 Å². The molecule has 5 nitrogen and oxygen atoms in total. The molecule has 2 rings (SSSR count). The number of nitrogens with zero attached hydrogens (tertiary/aromatic N) is 2. The molecule has 0 unspecified atom stereocenters. The van der Waals surface area contributed by atoms with Crippen molar-refractivity contribution in [3.63, 3.8) is 0 Å². The van der Waals surface area contributed by atoms with E-state index in [1.54, 1.807) is 0 Å². The van der Waals surface area contributed by atoms with Crippen LogP contribution in [0.25, 0.3) is 0 Å². The van der Waals surface area contributed by atoms with Crippen LogP contribution in [0.15, 0.2) is 41.3 Å². The number of halogens is 6. The minimum atomic E-state index is -4.64. The van der Waals surface area contributed by atoms with E-state index in [0.717, 1.165) is 49.4 Å². The van der Waals surface area contributed by atoms with Crippen LogP contribution >= 0.6 is 23.8 Å². The molecule has 0 aromatic heterocycles. The topological polar surface area (TPSA) is 49.9 Å². The first kappa shape index (κ1) is 25.9. The molecule has 0 aliphatic carbocycles. The molecule has 0 saturated heterocycles. The monoisotopic (exact) mass is 498 g/mol. The fraction of sp³-hybridized carbons (Fsp3) is 0.263. The van der Waals surface area contributed by atoms with Crippen molar-refractivity contribution < 1.29 is 40.1 Å². The summed E-state index contributed by atoms with van der Waals surface area (Å²) in [6.07, 6.45) is 0. The lowest BCUT2D eigenvalue weighted by atomic mass is 10.1. The second-order valence-corrected chi connectivity index (χ2v) is 8.16. The Labute approximate surface area is 187 Å². The van der Waals surface area contributed by atoms with Crippen LogP contribution in [0, 0.1) is 17.5 Å². The Bertz CT molecular complexity index is 970. The van der Waals surface area contributed by atoms with Crippen molar-refractivity contribution in [2.45, 2.75) is 10.4 Å². The SMILES string of the molecule is COSCCN(C(=O)c1c(F)cccc1F)C(=O)N(C)c1ccc(SC(F)(F)F)cc1F. The van der Waals surface area contributed by atoms with Gasteiger partial charge in [-0.05, 0) is 54.1 Å². The molecule has 2 aromatic carbocycles. The maximum absolute atomic E-state index is 14.4. The van der Waals surface area contributed by atoms with Gasteiger partial charge in [0.15, 0.2) is 0 Å². The van der Waals surface area contributed by atoms with Gasteiger partial charge in [-0.1, -0.05) is 6.07 Å². The predicted molar refractivity (Wildman–Crippen MR) is 109 cm³/mol. The number of anilines is 1. The molecule has 3 amide bonds. The molecule has 0 fully saturated rings. The Morgan fingerprint density at radius 3 is 2.19 bits per heavy atom.